The van der Waals surface area contributed by atoms with E-state index in [-0.39, 0.29) is 10.8 Å². The number of sulfonamides is 1. The second kappa shape index (κ2) is 8.71. The highest BCUT2D eigenvalue weighted by atomic mass is 32.2. The molecule has 1 N–H and O–H groups in total. The summed E-state index contributed by atoms with van der Waals surface area (Å²) in [5.41, 5.74) is 0.872. The van der Waals surface area contributed by atoms with E-state index in [4.69, 9.17) is 4.74 Å². The summed E-state index contributed by atoms with van der Waals surface area (Å²) >= 11 is 0. The molecule has 0 bridgehead atoms. The minimum atomic E-state index is -3.77. The van der Waals surface area contributed by atoms with Crippen LogP contribution in [0.4, 0.5) is 5.69 Å². The quantitative estimate of drug-likeness (QED) is 0.719. The van der Waals surface area contributed by atoms with Crippen LogP contribution in [-0.2, 0) is 10.0 Å². The number of para-hydroxylation sites is 2. The number of unbranched alkanes of at least 4 members (excludes halogenated alkanes) is 1. The summed E-state index contributed by atoms with van der Waals surface area (Å²) < 4.78 is 32.1. The van der Waals surface area contributed by atoms with Gasteiger partial charge in [-0.05, 0) is 42.8 Å². The summed E-state index contributed by atoms with van der Waals surface area (Å²) in [6.45, 7) is 2.65. The predicted octanol–water partition coefficient (Wildman–Crippen LogP) is 3.05. The van der Waals surface area contributed by atoms with Crippen LogP contribution >= 0.6 is 0 Å². The number of anilines is 1. The van der Waals surface area contributed by atoms with Gasteiger partial charge in [-0.2, -0.15) is 0 Å². The largest absolute Gasteiger partial charge is 0.495 e. The topological polar surface area (TPSA) is 75.7 Å². The molecule has 140 valence electrons. The van der Waals surface area contributed by atoms with Crippen LogP contribution in [0.15, 0.2) is 53.4 Å². The number of ether oxygens (including phenoxy) is 1. The minimum Gasteiger partial charge on any atom is -0.495 e. The van der Waals surface area contributed by atoms with Crippen LogP contribution in [-0.4, -0.2) is 35.0 Å². The first-order chi connectivity index (χ1) is 12.4. The zero-order valence-corrected chi connectivity index (χ0v) is 16.0. The van der Waals surface area contributed by atoms with Crippen LogP contribution in [0, 0.1) is 0 Å². The van der Waals surface area contributed by atoms with Gasteiger partial charge in [0.05, 0.1) is 17.7 Å². The summed E-state index contributed by atoms with van der Waals surface area (Å²) in [5, 5.41) is 2.81. The lowest BCUT2D eigenvalue weighted by Crippen LogP contribution is -2.27. The van der Waals surface area contributed by atoms with E-state index >= 15 is 0 Å². The fourth-order valence-electron chi connectivity index (χ4n) is 2.44. The van der Waals surface area contributed by atoms with Crippen LogP contribution < -0.4 is 14.4 Å². The fraction of sp³-hybridized carbons (Fsp3) is 0.316. The van der Waals surface area contributed by atoms with Crippen molar-refractivity contribution in [1.29, 1.82) is 0 Å². The monoisotopic (exact) mass is 376 g/mol. The van der Waals surface area contributed by atoms with E-state index in [2.05, 4.69) is 5.32 Å². The smallest absolute Gasteiger partial charge is 0.264 e. The molecule has 0 heterocycles. The van der Waals surface area contributed by atoms with Crippen molar-refractivity contribution in [3.63, 3.8) is 0 Å². The molecule has 0 aliphatic carbocycles. The van der Waals surface area contributed by atoms with Gasteiger partial charge in [-0.3, -0.25) is 9.10 Å². The van der Waals surface area contributed by atoms with Crippen molar-refractivity contribution in [3.8, 4) is 5.75 Å². The molecule has 0 aliphatic rings. The first-order valence-electron chi connectivity index (χ1n) is 8.42. The van der Waals surface area contributed by atoms with Crippen molar-refractivity contribution in [2.45, 2.75) is 24.7 Å². The first-order valence-corrected chi connectivity index (χ1v) is 9.86. The number of amides is 1. The molecule has 2 rings (SSSR count). The Hall–Kier alpha value is -2.54. The number of carbonyl (C=O) groups excluding carboxylic acids is 1. The zero-order valence-electron chi connectivity index (χ0n) is 15.2. The van der Waals surface area contributed by atoms with Crippen molar-refractivity contribution in [2.24, 2.45) is 0 Å². The van der Waals surface area contributed by atoms with Gasteiger partial charge in [-0.25, -0.2) is 8.42 Å². The number of benzene rings is 2. The number of carbonyl (C=O) groups is 1. The van der Waals surface area contributed by atoms with Crippen LogP contribution in [0.25, 0.3) is 0 Å². The van der Waals surface area contributed by atoms with Gasteiger partial charge in [0.1, 0.15) is 5.75 Å². The first kappa shape index (κ1) is 19.8. The lowest BCUT2D eigenvalue weighted by molar-refractivity contribution is 0.0953. The summed E-state index contributed by atoms with van der Waals surface area (Å²) in [6.07, 6.45) is 1.90. The zero-order chi connectivity index (χ0) is 19.2. The van der Waals surface area contributed by atoms with Gasteiger partial charge in [-0.1, -0.05) is 25.5 Å². The number of methoxy groups -OCH3 is 1. The van der Waals surface area contributed by atoms with E-state index in [9.17, 15) is 13.2 Å². The molecule has 0 atom stereocenters. The van der Waals surface area contributed by atoms with Crippen LogP contribution in [0.5, 0.6) is 5.75 Å². The van der Waals surface area contributed by atoms with Gasteiger partial charge in [0, 0.05) is 19.2 Å². The Morgan fingerprint density at radius 3 is 2.38 bits per heavy atom. The molecule has 0 radical (unpaired) electrons. The molecule has 0 saturated heterocycles. The molecule has 2 aromatic rings. The molecule has 0 unspecified atom stereocenters. The molecular weight excluding hydrogens is 352 g/mol. The predicted molar refractivity (Wildman–Crippen MR) is 102 cm³/mol. The molecule has 26 heavy (non-hydrogen) atoms. The Morgan fingerprint density at radius 1 is 1.12 bits per heavy atom. The molecule has 0 fully saturated rings. The number of nitrogens with one attached hydrogen (secondary N) is 1. The molecule has 0 spiro atoms. The molecular formula is C19H24N2O4S. The Morgan fingerprint density at radius 2 is 1.77 bits per heavy atom. The summed E-state index contributed by atoms with van der Waals surface area (Å²) in [6, 6.07) is 12.8. The molecule has 0 aliphatic heterocycles. The van der Waals surface area contributed by atoms with Gasteiger partial charge in [0.2, 0.25) is 0 Å². The second-order valence-corrected chi connectivity index (χ2v) is 7.75. The molecule has 0 aromatic heterocycles. The Balaban J connectivity index is 2.22. The SMILES string of the molecule is CCCCNC(=O)c1ccc(S(=O)(=O)N(C)c2ccccc2OC)cc1. The lowest BCUT2D eigenvalue weighted by atomic mass is 10.2. The van der Waals surface area contributed by atoms with Crippen LogP contribution in [0.2, 0.25) is 0 Å². The van der Waals surface area contributed by atoms with Crippen molar-refractivity contribution in [2.75, 3.05) is 25.0 Å². The number of hydrogen-bond donors (Lipinski definition) is 1. The normalized spacial score (nSPS) is 11.0. The van der Waals surface area contributed by atoms with Gasteiger partial charge in [0.15, 0.2) is 0 Å². The van der Waals surface area contributed by atoms with E-state index in [0.29, 0.717) is 23.5 Å². The molecule has 2 aromatic carbocycles. The molecule has 0 saturated carbocycles. The standard InChI is InChI=1S/C19H24N2O4S/c1-4-5-14-20-19(22)15-10-12-16(13-11-15)26(23,24)21(2)17-8-6-7-9-18(17)25-3/h6-13H,4-5,14H2,1-3H3,(H,20,22). The number of rotatable bonds is 8. The summed E-state index contributed by atoms with van der Waals surface area (Å²) in [4.78, 5) is 12.1. The van der Waals surface area contributed by atoms with Gasteiger partial charge in [0.25, 0.3) is 15.9 Å². The van der Waals surface area contributed by atoms with Crippen molar-refractivity contribution in [3.05, 3.63) is 54.1 Å². The Kier molecular flexibility index (Phi) is 6.63. The Bertz CT molecular complexity index is 848. The minimum absolute atomic E-state index is 0.107. The van der Waals surface area contributed by atoms with Crippen molar-refractivity contribution >= 4 is 21.6 Å². The van der Waals surface area contributed by atoms with E-state index in [0.717, 1.165) is 12.8 Å². The van der Waals surface area contributed by atoms with Gasteiger partial charge < -0.3 is 10.1 Å². The molecule has 7 heteroatoms. The highest BCUT2D eigenvalue weighted by Gasteiger charge is 2.23. The third kappa shape index (κ3) is 4.35. The fourth-order valence-corrected chi connectivity index (χ4v) is 3.64. The van der Waals surface area contributed by atoms with E-state index in [1.807, 2.05) is 6.92 Å². The second-order valence-electron chi connectivity index (χ2n) is 5.78. The maximum Gasteiger partial charge on any atom is 0.264 e. The maximum absolute atomic E-state index is 12.9. The van der Waals surface area contributed by atoms with Crippen molar-refractivity contribution in [1.82, 2.24) is 5.32 Å². The lowest BCUT2D eigenvalue weighted by Gasteiger charge is -2.21. The van der Waals surface area contributed by atoms with E-state index in [1.165, 1.54) is 42.7 Å². The molecule has 1 amide bonds. The summed E-state index contributed by atoms with van der Waals surface area (Å²) in [5.74, 6) is 0.256. The van der Waals surface area contributed by atoms with Crippen LogP contribution in [0.1, 0.15) is 30.1 Å². The summed E-state index contributed by atoms with van der Waals surface area (Å²) in [7, 11) is -0.804. The Labute approximate surface area is 154 Å². The van der Waals surface area contributed by atoms with Crippen molar-refractivity contribution < 1.29 is 17.9 Å². The highest BCUT2D eigenvalue weighted by Crippen LogP contribution is 2.30. The maximum atomic E-state index is 12.9. The number of nitrogens with zero attached hydrogens (tertiary/aromatic N) is 1. The van der Waals surface area contributed by atoms with E-state index in [1.54, 1.807) is 24.3 Å². The third-order valence-electron chi connectivity index (χ3n) is 4.02. The third-order valence-corrected chi connectivity index (χ3v) is 5.80. The average molecular weight is 376 g/mol. The van der Waals surface area contributed by atoms with Gasteiger partial charge in [-0.15, -0.1) is 0 Å². The molecule has 6 nitrogen and oxygen atoms in total. The van der Waals surface area contributed by atoms with Gasteiger partial charge >= 0.3 is 0 Å². The number of hydrogen-bond acceptors (Lipinski definition) is 4. The average Bonchev–Trinajstić information content (AvgIpc) is 2.67. The van der Waals surface area contributed by atoms with Crippen LogP contribution in [0.3, 0.4) is 0 Å². The highest BCUT2D eigenvalue weighted by molar-refractivity contribution is 7.92. The van der Waals surface area contributed by atoms with E-state index < -0.39 is 10.0 Å².